The smallest absolute Gasteiger partial charge is 0.337 e. The van der Waals surface area contributed by atoms with E-state index in [-0.39, 0.29) is 66.6 Å². The molecule has 1 saturated heterocycles. The number of rotatable bonds is 12. The number of aliphatic hydroxyl groups excluding tert-OH is 4. The minimum atomic E-state index is -1.74. The molecule has 2 aromatic carbocycles. The number of phenolic OH excluding ortho intramolecular Hbond substituents is 4. The van der Waals surface area contributed by atoms with Crippen LogP contribution in [0.15, 0.2) is 59.9 Å². The first-order chi connectivity index (χ1) is 22.4. The van der Waals surface area contributed by atoms with Crippen LogP contribution in [0.2, 0.25) is 0 Å². The van der Waals surface area contributed by atoms with Crippen molar-refractivity contribution in [1.29, 1.82) is 0 Å². The summed E-state index contributed by atoms with van der Waals surface area (Å²) < 4.78 is 27.7. The largest absolute Gasteiger partial charge is 0.504 e. The van der Waals surface area contributed by atoms with Crippen molar-refractivity contribution in [3.63, 3.8) is 0 Å². The third kappa shape index (κ3) is 8.71. The van der Waals surface area contributed by atoms with Crippen molar-refractivity contribution in [2.45, 2.75) is 63.2 Å². The van der Waals surface area contributed by atoms with Crippen molar-refractivity contribution in [3.05, 3.63) is 71.0 Å². The average Bonchev–Trinajstić information content (AvgIpc) is 3.04. The lowest BCUT2D eigenvalue weighted by Gasteiger charge is -2.42. The Kier molecular flexibility index (Phi) is 12.0. The van der Waals surface area contributed by atoms with Gasteiger partial charge in [0.2, 0.25) is 6.29 Å². The van der Waals surface area contributed by atoms with Crippen LogP contribution >= 0.6 is 0 Å². The Morgan fingerprint density at radius 3 is 1.98 bits per heavy atom. The number of hydrogen-bond acceptors (Lipinski definition) is 15. The van der Waals surface area contributed by atoms with Crippen molar-refractivity contribution < 1.29 is 74.1 Å². The van der Waals surface area contributed by atoms with Gasteiger partial charge in [-0.25, -0.2) is 4.79 Å². The highest BCUT2D eigenvalue weighted by atomic mass is 16.8. The number of esters is 2. The van der Waals surface area contributed by atoms with Crippen LogP contribution in [0.3, 0.4) is 0 Å². The molecule has 0 spiro atoms. The molecule has 15 heteroatoms. The Morgan fingerprint density at radius 2 is 1.43 bits per heavy atom. The minimum absolute atomic E-state index is 0.0688. The summed E-state index contributed by atoms with van der Waals surface area (Å²) in [5.74, 6) is -3.82. The molecule has 0 unspecified atom stereocenters. The molecule has 4 rings (SSSR count). The topological polar surface area (TPSA) is 242 Å². The lowest BCUT2D eigenvalue weighted by molar-refractivity contribution is -0.327. The molecule has 0 amide bonds. The molecule has 47 heavy (non-hydrogen) atoms. The molecule has 2 heterocycles. The fourth-order valence-corrected chi connectivity index (χ4v) is 5.11. The zero-order valence-corrected chi connectivity index (χ0v) is 25.3. The van der Waals surface area contributed by atoms with E-state index in [9.17, 15) is 50.4 Å². The van der Waals surface area contributed by atoms with E-state index in [1.807, 2.05) is 0 Å². The normalized spacial score (nSPS) is 26.7. The first-order valence-corrected chi connectivity index (χ1v) is 14.8. The van der Waals surface area contributed by atoms with Gasteiger partial charge in [-0.1, -0.05) is 18.2 Å². The maximum Gasteiger partial charge on any atom is 0.337 e. The number of benzene rings is 2. The van der Waals surface area contributed by atoms with Gasteiger partial charge in [0.15, 0.2) is 29.3 Å². The molecule has 15 nitrogen and oxygen atoms in total. The van der Waals surface area contributed by atoms with Crippen molar-refractivity contribution >= 4 is 11.9 Å². The van der Waals surface area contributed by atoms with E-state index in [1.54, 1.807) is 19.1 Å². The Bertz CT molecular complexity index is 1470. The van der Waals surface area contributed by atoms with Gasteiger partial charge in [0.1, 0.15) is 24.4 Å². The van der Waals surface area contributed by atoms with Crippen molar-refractivity contribution in [1.82, 2.24) is 0 Å². The van der Waals surface area contributed by atoms with Gasteiger partial charge in [0.05, 0.1) is 38.1 Å². The fraction of sp³-hybridized carbons (Fsp3) is 0.438. The highest BCUT2D eigenvalue weighted by Gasteiger charge is 2.47. The molecular weight excluding hydrogens is 624 g/mol. The monoisotopic (exact) mass is 662 g/mol. The van der Waals surface area contributed by atoms with E-state index >= 15 is 0 Å². The summed E-state index contributed by atoms with van der Waals surface area (Å²) >= 11 is 0. The van der Waals surface area contributed by atoms with Gasteiger partial charge in [-0.2, -0.15) is 0 Å². The number of carbonyl (C=O) groups is 2. The summed E-state index contributed by atoms with van der Waals surface area (Å²) in [7, 11) is 0. The number of hydrogen-bond donors (Lipinski definition) is 8. The molecule has 0 radical (unpaired) electrons. The molecule has 256 valence electrons. The van der Waals surface area contributed by atoms with E-state index in [2.05, 4.69) is 0 Å². The summed E-state index contributed by atoms with van der Waals surface area (Å²) in [6.45, 7) is 0.673. The second-order valence-electron chi connectivity index (χ2n) is 10.9. The zero-order valence-electron chi connectivity index (χ0n) is 25.3. The van der Waals surface area contributed by atoms with E-state index in [1.165, 1.54) is 30.3 Å². The number of phenols is 4. The molecule has 0 aliphatic carbocycles. The average molecular weight is 663 g/mol. The van der Waals surface area contributed by atoms with Crippen molar-refractivity contribution in [2.24, 2.45) is 5.92 Å². The van der Waals surface area contributed by atoms with Crippen LogP contribution in [0.25, 0.3) is 0 Å². The summed E-state index contributed by atoms with van der Waals surface area (Å²) in [4.78, 5) is 26.3. The number of allylic oxidation sites excluding steroid dienone is 1. The second kappa shape index (κ2) is 15.9. The van der Waals surface area contributed by atoms with Crippen LogP contribution in [0.1, 0.15) is 24.5 Å². The van der Waals surface area contributed by atoms with Gasteiger partial charge in [-0.05, 0) is 42.3 Å². The van der Waals surface area contributed by atoms with Gasteiger partial charge in [-0.3, -0.25) is 4.79 Å². The first-order valence-electron chi connectivity index (χ1n) is 14.8. The third-order valence-corrected chi connectivity index (χ3v) is 7.77. The number of aliphatic hydroxyl groups is 4. The molecule has 1 fully saturated rings. The van der Waals surface area contributed by atoms with Gasteiger partial charge >= 0.3 is 11.9 Å². The Balaban J connectivity index is 1.48. The van der Waals surface area contributed by atoms with Crippen LogP contribution in [-0.2, 0) is 46.1 Å². The van der Waals surface area contributed by atoms with E-state index < -0.39 is 61.5 Å². The molecule has 2 aliphatic heterocycles. The van der Waals surface area contributed by atoms with Crippen LogP contribution in [0.4, 0.5) is 0 Å². The number of aromatic hydroxyl groups is 4. The molecule has 0 saturated carbocycles. The summed E-state index contributed by atoms with van der Waals surface area (Å²) in [6, 6.07) is 8.35. The molecule has 7 atom stereocenters. The summed E-state index contributed by atoms with van der Waals surface area (Å²) in [5.41, 5.74) is 1.33. The third-order valence-electron chi connectivity index (χ3n) is 7.77. The summed E-state index contributed by atoms with van der Waals surface area (Å²) in [6.07, 6.45) is -6.70. The number of ether oxygens (including phenoxy) is 5. The quantitative estimate of drug-likeness (QED) is 0.0871. The fourth-order valence-electron chi connectivity index (χ4n) is 5.11. The first kappa shape index (κ1) is 35.5. The number of carbonyl (C=O) groups excluding carboxylic acids is 2. The molecule has 2 aromatic rings. The molecule has 8 N–H and O–H groups in total. The minimum Gasteiger partial charge on any atom is -0.504 e. The van der Waals surface area contributed by atoms with Crippen molar-refractivity contribution in [2.75, 3.05) is 19.8 Å². The standard InChI is InChI=1S/C32H38O15/c1-2-18-19(13-26(38)43-9-7-16-3-5-21(34)23(36)11-16)20(30(42)44-10-8-17-4-6-22(35)24(37)12-17)15-45-31(18)47-32-29(41)28(40)27(39)25(14-33)46-32/h2-6,11-12,15,19,25,27-29,31-37,39-41H,7-10,13-14H2,1H3/b18-2+/t19-,25+,27+,28+,29-,31-,32-/m0/s1. The maximum atomic E-state index is 13.3. The lowest BCUT2D eigenvalue weighted by Crippen LogP contribution is -2.60. The zero-order chi connectivity index (χ0) is 34.2. The summed E-state index contributed by atoms with van der Waals surface area (Å²) in [5, 5.41) is 78.7. The predicted molar refractivity (Wildman–Crippen MR) is 159 cm³/mol. The van der Waals surface area contributed by atoms with Crippen LogP contribution < -0.4 is 0 Å². The van der Waals surface area contributed by atoms with Crippen molar-refractivity contribution in [3.8, 4) is 23.0 Å². The predicted octanol–water partition coefficient (Wildman–Crippen LogP) is 0.390. The molecule has 0 aromatic heterocycles. The van der Waals surface area contributed by atoms with Crippen LogP contribution in [0, 0.1) is 5.92 Å². The van der Waals surface area contributed by atoms with E-state index in [0.717, 1.165) is 6.26 Å². The maximum absolute atomic E-state index is 13.3. The molecular formula is C32H38O15. The molecule has 2 aliphatic rings. The SMILES string of the molecule is C/C=C1/[C@H](O[C@@H]2O[C@H](CO)[C@@H](O)[C@@H](O)[C@@H]2O)OC=C(C(=O)OCCc2ccc(O)c(O)c2)[C@H]1CC(=O)OCCc1ccc(O)c(O)c1. The highest BCUT2D eigenvalue weighted by molar-refractivity contribution is 5.91. The Morgan fingerprint density at radius 1 is 0.830 bits per heavy atom. The highest BCUT2D eigenvalue weighted by Crippen LogP contribution is 2.36. The second-order valence-corrected chi connectivity index (χ2v) is 10.9. The van der Waals surface area contributed by atoms with Gasteiger partial charge in [0.25, 0.3) is 0 Å². The molecule has 0 bridgehead atoms. The lowest BCUT2D eigenvalue weighted by atomic mass is 9.86. The van der Waals surface area contributed by atoms with Crippen LogP contribution in [0.5, 0.6) is 23.0 Å². The van der Waals surface area contributed by atoms with Gasteiger partial charge in [-0.15, -0.1) is 0 Å². The Hall–Kier alpha value is -4.38. The van der Waals surface area contributed by atoms with Crippen LogP contribution in [-0.4, -0.2) is 110 Å². The van der Waals surface area contributed by atoms with Gasteiger partial charge in [0, 0.05) is 24.3 Å². The Labute approximate surface area is 269 Å². The van der Waals surface area contributed by atoms with E-state index in [0.29, 0.717) is 11.1 Å². The van der Waals surface area contributed by atoms with E-state index in [4.69, 9.17) is 23.7 Å². The van der Waals surface area contributed by atoms with Gasteiger partial charge < -0.3 is 64.5 Å².